The van der Waals surface area contributed by atoms with Crippen molar-refractivity contribution in [1.29, 1.82) is 0 Å². The standard InChI is InChI=1S/C7H13BrO2/c1-2-4-7(9)10-6-3-5-8/h2-6H2,1H3. The third-order valence-corrected chi connectivity index (χ3v) is 1.56. The van der Waals surface area contributed by atoms with Crippen molar-refractivity contribution in [3.8, 4) is 0 Å². The van der Waals surface area contributed by atoms with Gasteiger partial charge in [0.25, 0.3) is 0 Å². The molecule has 0 amide bonds. The van der Waals surface area contributed by atoms with E-state index >= 15 is 0 Å². The molecule has 0 unspecified atom stereocenters. The van der Waals surface area contributed by atoms with Gasteiger partial charge in [0.05, 0.1) is 6.61 Å². The molecule has 0 atom stereocenters. The number of rotatable bonds is 5. The van der Waals surface area contributed by atoms with Crippen LogP contribution in [-0.2, 0) is 9.53 Å². The van der Waals surface area contributed by atoms with Gasteiger partial charge >= 0.3 is 5.97 Å². The second kappa shape index (κ2) is 7.06. The molecule has 0 aromatic rings. The Morgan fingerprint density at radius 1 is 1.60 bits per heavy atom. The molecule has 0 aromatic heterocycles. The minimum atomic E-state index is -0.0801. The van der Waals surface area contributed by atoms with Gasteiger partial charge < -0.3 is 4.74 Å². The highest BCUT2D eigenvalue weighted by Gasteiger charge is 1.98. The zero-order chi connectivity index (χ0) is 7.82. The molecular weight excluding hydrogens is 196 g/mol. The lowest BCUT2D eigenvalue weighted by Crippen LogP contribution is -2.04. The summed E-state index contributed by atoms with van der Waals surface area (Å²) in [7, 11) is 0. The van der Waals surface area contributed by atoms with Gasteiger partial charge in [-0.25, -0.2) is 0 Å². The zero-order valence-corrected chi connectivity index (χ0v) is 7.82. The number of ether oxygens (including phenoxy) is 1. The van der Waals surface area contributed by atoms with Gasteiger partial charge in [-0.05, 0) is 12.8 Å². The van der Waals surface area contributed by atoms with Crippen LogP contribution in [0.25, 0.3) is 0 Å². The van der Waals surface area contributed by atoms with E-state index in [0.717, 1.165) is 18.2 Å². The van der Waals surface area contributed by atoms with Crippen LogP contribution in [0, 0.1) is 0 Å². The average Bonchev–Trinajstić information content (AvgIpc) is 1.89. The maximum atomic E-state index is 10.7. The van der Waals surface area contributed by atoms with Crippen molar-refractivity contribution < 1.29 is 9.53 Å². The molecule has 0 aliphatic heterocycles. The molecule has 2 nitrogen and oxygen atoms in total. The van der Waals surface area contributed by atoms with Gasteiger partial charge in [0.1, 0.15) is 0 Å². The summed E-state index contributed by atoms with van der Waals surface area (Å²) < 4.78 is 4.85. The van der Waals surface area contributed by atoms with Crippen molar-refractivity contribution in [3.63, 3.8) is 0 Å². The van der Waals surface area contributed by atoms with E-state index < -0.39 is 0 Å². The van der Waals surface area contributed by atoms with Crippen LogP contribution in [0.15, 0.2) is 0 Å². The molecule has 0 heterocycles. The van der Waals surface area contributed by atoms with E-state index in [9.17, 15) is 4.79 Å². The Morgan fingerprint density at radius 2 is 2.30 bits per heavy atom. The van der Waals surface area contributed by atoms with Gasteiger partial charge in [0.15, 0.2) is 0 Å². The summed E-state index contributed by atoms with van der Waals surface area (Å²) in [5.41, 5.74) is 0. The molecule has 0 aliphatic carbocycles. The number of hydrogen-bond donors (Lipinski definition) is 0. The molecule has 0 radical (unpaired) electrons. The highest BCUT2D eigenvalue weighted by Crippen LogP contribution is 1.93. The summed E-state index contributed by atoms with van der Waals surface area (Å²) in [6, 6.07) is 0. The van der Waals surface area contributed by atoms with Crippen LogP contribution in [-0.4, -0.2) is 17.9 Å². The summed E-state index contributed by atoms with van der Waals surface area (Å²) >= 11 is 3.25. The first-order valence-corrected chi connectivity index (χ1v) is 4.65. The van der Waals surface area contributed by atoms with Crippen LogP contribution in [0.2, 0.25) is 0 Å². The quantitative estimate of drug-likeness (QED) is 0.393. The lowest BCUT2D eigenvalue weighted by molar-refractivity contribution is -0.143. The van der Waals surface area contributed by atoms with Gasteiger partial charge in [0.2, 0.25) is 0 Å². The van der Waals surface area contributed by atoms with E-state index in [0.29, 0.717) is 13.0 Å². The monoisotopic (exact) mass is 208 g/mol. The lowest BCUT2D eigenvalue weighted by Gasteiger charge is -2.00. The second-order valence-corrected chi connectivity index (χ2v) is 2.81. The third-order valence-electron chi connectivity index (χ3n) is 0.995. The van der Waals surface area contributed by atoms with Gasteiger partial charge in [0, 0.05) is 11.8 Å². The normalized spacial score (nSPS) is 9.40. The number of carbonyl (C=O) groups excluding carboxylic acids is 1. The molecule has 0 spiro atoms. The van der Waals surface area contributed by atoms with Crippen molar-refractivity contribution >= 4 is 21.9 Å². The fourth-order valence-corrected chi connectivity index (χ4v) is 0.746. The largest absolute Gasteiger partial charge is 0.466 e. The van der Waals surface area contributed by atoms with Crippen LogP contribution < -0.4 is 0 Å². The minimum absolute atomic E-state index is 0.0801. The Kier molecular flexibility index (Phi) is 7.03. The summed E-state index contributed by atoms with van der Waals surface area (Å²) in [5.74, 6) is -0.0801. The van der Waals surface area contributed by atoms with Crippen molar-refractivity contribution in [2.75, 3.05) is 11.9 Å². The number of carbonyl (C=O) groups is 1. The molecule has 10 heavy (non-hydrogen) atoms. The molecule has 0 rings (SSSR count). The van der Waals surface area contributed by atoms with Crippen LogP contribution in [0.4, 0.5) is 0 Å². The number of alkyl halides is 1. The Bertz CT molecular complexity index is 93.6. The molecule has 3 heteroatoms. The molecule has 0 aliphatic rings. The molecule has 60 valence electrons. The molecule has 0 fully saturated rings. The van der Waals surface area contributed by atoms with E-state index in [2.05, 4.69) is 15.9 Å². The Hall–Kier alpha value is -0.0500. The topological polar surface area (TPSA) is 26.3 Å². The third kappa shape index (κ3) is 6.08. The molecule has 0 saturated carbocycles. The number of halogens is 1. The Morgan fingerprint density at radius 3 is 2.80 bits per heavy atom. The summed E-state index contributed by atoms with van der Waals surface area (Å²) in [4.78, 5) is 10.7. The van der Waals surface area contributed by atoms with Crippen LogP contribution in [0.5, 0.6) is 0 Å². The number of hydrogen-bond acceptors (Lipinski definition) is 2. The van der Waals surface area contributed by atoms with Crippen molar-refractivity contribution in [2.45, 2.75) is 26.2 Å². The van der Waals surface area contributed by atoms with E-state index in [1.165, 1.54) is 0 Å². The first kappa shape index (κ1) is 9.95. The van der Waals surface area contributed by atoms with Crippen molar-refractivity contribution in [2.24, 2.45) is 0 Å². The SMILES string of the molecule is CCCC(=O)OCCCBr. The minimum Gasteiger partial charge on any atom is -0.466 e. The molecular formula is C7H13BrO2. The molecule has 0 bridgehead atoms. The van der Waals surface area contributed by atoms with E-state index in [4.69, 9.17) is 4.74 Å². The lowest BCUT2D eigenvalue weighted by atomic mass is 10.3. The second-order valence-electron chi connectivity index (χ2n) is 2.01. The fourth-order valence-electron chi connectivity index (χ4n) is 0.517. The van der Waals surface area contributed by atoms with E-state index in [-0.39, 0.29) is 5.97 Å². The maximum absolute atomic E-state index is 10.7. The van der Waals surface area contributed by atoms with Crippen LogP contribution in [0.1, 0.15) is 26.2 Å². The molecule has 0 saturated heterocycles. The van der Waals surface area contributed by atoms with Gasteiger partial charge in [-0.2, -0.15) is 0 Å². The molecule has 0 N–H and O–H groups in total. The van der Waals surface area contributed by atoms with Crippen LogP contribution in [0.3, 0.4) is 0 Å². The van der Waals surface area contributed by atoms with E-state index in [1.54, 1.807) is 0 Å². The predicted octanol–water partition coefficient (Wildman–Crippen LogP) is 2.11. The Labute approximate surface area is 70.1 Å². The maximum Gasteiger partial charge on any atom is 0.305 e. The average molecular weight is 209 g/mol. The van der Waals surface area contributed by atoms with Gasteiger partial charge in [-0.1, -0.05) is 22.9 Å². The zero-order valence-electron chi connectivity index (χ0n) is 6.23. The van der Waals surface area contributed by atoms with E-state index in [1.807, 2.05) is 6.92 Å². The smallest absolute Gasteiger partial charge is 0.305 e. The summed E-state index contributed by atoms with van der Waals surface area (Å²) in [5, 5.41) is 0.895. The summed E-state index contributed by atoms with van der Waals surface area (Å²) in [6.07, 6.45) is 2.31. The highest BCUT2D eigenvalue weighted by atomic mass is 79.9. The fraction of sp³-hybridized carbons (Fsp3) is 0.857. The van der Waals surface area contributed by atoms with Crippen molar-refractivity contribution in [1.82, 2.24) is 0 Å². The highest BCUT2D eigenvalue weighted by molar-refractivity contribution is 9.09. The predicted molar refractivity (Wildman–Crippen MR) is 44.3 cm³/mol. The molecule has 0 aromatic carbocycles. The first-order chi connectivity index (χ1) is 4.81. The van der Waals surface area contributed by atoms with Gasteiger partial charge in [-0.3, -0.25) is 4.79 Å². The summed E-state index contributed by atoms with van der Waals surface area (Å²) in [6.45, 7) is 2.51. The number of esters is 1. The first-order valence-electron chi connectivity index (χ1n) is 3.52. The van der Waals surface area contributed by atoms with Gasteiger partial charge in [-0.15, -0.1) is 0 Å². The Balaban J connectivity index is 3.05. The van der Waals surface area contributed by atoms with Crippen LogP contribution >= 0.6 is 15.9 Å². The van der Waals surface area contributed by atoms with Crippen molar-refractivity contribution in [3.05, 3.63) is 0 Å².